The molecule has 0 amide bonds. The number of aryl methyl sites for hydroxylation is 2. The molecule has 0 heterocycles. The SMILES string of the molecule is Cc1ccc(S(=O)(=O)Nc2ccccc2C=Nc2ccc(Cc3ccc(N=Cc4ccccc4NS(=O)(=O)c4ccc(C)cc4)cc3)cc2)cc1. The minimum Gasteiger partial charge on any atom is -0.279 e. The fraction of sp³-hybridized carbons (Fsp3) is 0.0732. The number of benzene rings is 6. The van der Waals surface area contributed by atoms with Crippen LogP contribution in [0.25, 0.3) is 0 Å². The number of anilines is 2. The highest BCUT2D eigenvalue weighted by Crippen LogP contribution is 2.24. The topological polar surface area (TPSA) is 117 Å². The van der Waals surface area contributed by atoms with Crippen LogP contribution in [0.5, 0.6) is 0 Å². The van der Waals surface area contributed by atoms with E-state index in [-0.39, 0.29) is 9.79 Å². The molecule has 0 atom stereocenters. The number of para-hydroxylation sites is 2. The van der Waals surface area contributed by atoms with Gasteiger partial charge in [0.1, 0.15) is 0 Å². The van der Waals surface area contributed by atoms with Gasteiger partial charge in [-0.1, -0.05) is 96.1 Å². The molecule has 2 N–H and O–H groups in total. The van der Waals surface area contributed by atoms with E-state index in [2.05, 4.69) is 19.4 Å². The number of hydrogen-bond acceptors (Lipinski definition) is 6. The smallest absolute Gasteiger partial charge is 0.261 e. The molecule has 0 bridgehead atoms. The predicted octanol–water partition coefficient (Wildman–Crippen LogP) is 9.00. The van der Waals surface area contributed by atoms with Crippen LogP contribution < -0.4 is 9.44 Å². The summed E-state index contributed by atoms with van der Waals surface area (Å²) in [7, 11) is -7.50. The van der Waals surface area contributed by atoms with E-state index >= 15 is 0 Å². The first-order valence-corrected chi connectivity index (χ1v) is 19.1. The molecule has 0 spiro atoms. The summed E-state index contributed by atoms with van der Waals surface area (Å²) in [6, 6.07) is 43.4. The zero-order valence-corrected chi connectivity index (χ0v) is 29.7. The molecule has 0 aliphatic heterocycles. The van der Waals surface area contributed by atoms with E-state index in [1.165, 1.54) is 0 Å². The van der Waals surface area contributed by atoms with Crippen molar-refractivity contribution in [2.45, 2.75) is 30.1 Å². The maximum Gasteiger partial charge on any atom is 0.261 e. The molecular weight excluding hydrogens is 677 g/mol. The number of nitrogens with one attached hydrogen (secondary N) is 2. The first kappa shape index (κ1) is 35.0. The van der Waals surface area contributed by atoms with Gasteiger partial charge in [0.25, 0.3) is 20.0 Å². The maximum atomic E-state index is 13.0. The van der Waals surface area contributed by atoms with Crippen LogP contribution in [0, 0.1) is 13.8 Å². The minimum absolute atomic E-state index is 0.195. The number of nitrogens with zero attached hydrogens (tertiary/aromatic N) is 2. The molecule has 6 aromatic carbocycles. The second-order valence-corrected chi connectivity index (χ2v) is 15.4. The summed E-state index contributed by atoms with van der Waals surface area (Å²) in [5.74, 6) is 0. The summed E-state index contributed by atoms with van der Waals surface area (Å²) in [6.45, 7) is 3.82. The monoisotopic (exact) mass is 712 g/mol. The molecule has 0 aromatic heterocycles. The molecule has 8 nitrogen and oxygen atoms in total. The molecule has 51 heavy (non-hydrogen) atoms. The lowest BCUT2D eigenvalue weighted by Crippen LogP contribution is -2.14. The highest BCUT2D eigenvalue weighted by Gasteiger charge is 2.16. The molecule has 0 radical (unpaired) electrons. The van der Waals surface area contributed by atoms with Gasteiger partial charge in [0.15, 0.2) is 0 Å². The Kier molecular flexibility index (Phi) is 10.5. The predicted molar refractivity (Wildman–Crippen MR) is 207 cm³/mol. The molecule has 0 fully saturated rings. The highest BCUT2D eigenvalue weighted by molar-refractivity contribution is 7.93. The molecular formula is C41H36N4O4S2. The van der Waals surface area contributed by atoms with Crippen molar-refractivity contribution < 1.29 is 16.8 Å². The third-order valence-corrected chi connectivity index (χ3v) is 10.8. The summed E-state index contributed by atoms with van der Waals surface area (Å²) in [6.07, 6.45) is 4.01. The molecule has 6 rings (SSSR count). The standard InChI is InChI=1S/C41H36N4O4S2/c1-30-11-23-38(24-12-30)50(46,47)44-40-9-5-3-7-34(40)28-42-36-19-15-32(16-20-36)27-33-17-21-37(22-18-33)43-29-35-8-4-6-10-41(35)45-51(48,49)39-25-13-31(2)14-26-39/h3-26,28-29,44-45H,27H2,1-2H3. The van der Waals surface area contributed by atoms with Gasteiger partial charge < -0.3 is 0 Å². The lowest BCUT2D eigenvalue weighted by molar-refractivity contribution is 0.599. The van der Waals surface area contributed by atoms with Gasteiger partial charge >= 0.3 is 0 Å². The molecule has 0 aliphatic rings. The third-order valence-electron chi connectivity index (χ3n) is 8.06. The second kappa shape index (κ2) is 15.4. The Hall–Kier alpha value is -5.84. The van der Waals surface area contributed by atoms with Crippen molar-refractivity contribution in [3.63, 3.8) is 0 Å². The highest BCUT2D eigenvalue weighted by atomic mass is 32.2. The van der Waals surface area contributed by atoms with Crippen molar-refractivity contribution in [3.05, 3.63) is 179 Å². The van der Waals surface area contributed by atoms with Crippen LogP contribution in [0.3, 0.4) is 0 Å². The van der Waals surface area contributed by atoms with Gasteiger partial charge in [-0.15, -0.1) is 0 Å². The van der Waals surface area contributed by atoms with Crippen molar-refractivity contribution in [1.82, 2.24) is 0 Å². The van der Waals surface area contributed by atoms with Crippen molar-refractivity contribution in [3.8, 4) is 0 Å². The van der Waals surface area contributed by atoms with Crippen molar-refractivity contribution >= 4 is 55.2 Å². The van der Waals surface area contributed by atoms with E-state index in [1.54, 1.807) is 85.2 Å². The van der Waals surface area contributed by atoms with E-state index in [0.717, 1.165) is 33.6 Å². The molecule has 0 unspecified atom stereocenters. The molecule has 0 saturated heterocycles. The van der Waals surface area contributed by atoms with Gasteiger partial charge in [0, 0.05) is 23.6 Å². The van der Waals surface area contributed by atoms with Crippen LogP contribution in [-0.2, 0) is 26.5 Å². The Bertz CT molecular complexity index is 2230. The number of rotatable bonds is 12. The van der Waals surface area contributed by atoms with E-state index in [1.807, 2.05) is 86.6 Å². The normalized spacial score (nSPS) is 12.0. The Morgan fingerprint density at radius 2 is 0.824 bits per heavy atom. The molecule has 256 valence electrons. The van der Waals surface area contributed by atoms with Crippen LogP contribution in [-0.4, -0.2) is 29.3 Å². The molecule has 6 aromatic rings. The number of sulfonamides is 2. The number of hydrogen-bond donors (Lipinski definition) is 2. The van der Waals surface area contributed by atoms with Gasteiger partial charge in [0.05, 0.1) is 32.5 Å². The van der Waals surface area contributed by atoms with Crippen molar-refractivity contribution in [1.29, 1.82) is 0 Å². The Morgan fingerprint density at radius 1 is 0.471 bits per heavy atom. The second-order valence-electron chi connectivity index (χ2n) is 12.0. The fourth-order valence-corrected chi connectivity index (χ4v) is 7.35. The lowest BCUT2D eigenvalue weighted by Gasteiger charge is -2.11. The Balaban J connectivity index is 1.07. The average Bonchev–Trinajstić information content (AvgIpc) is 3.12. The van der Waals surface area contributed by atoms with Crippen LogP contribution in [0.2, 0.25) is 0 Å². The van der Waals surface area contributed by atoms with E-state index < -0.39 is 20.0 Å². The van der Waals surface area contributed by atoms with Gasteiger partial charge in [-0.2, -0.15) is 0 Å². The van der Waals surface area contributed by atoms with Gasteiger partial charge in [-0.05, 0) is 92.1 Å². The van der Waals surface area contributed by atoms with Crippen LogP contribution in [0.15, 0.2) is 165 Å². The molecule has 10 heteroatoms. The minimum atomic E-state index is -3.75. The van der Waals surface area contributed by atoms with E-state index in [0.29, 0.717) is 28.9 Å². The largest absolute Gasteiger partial charge is 0.279 e. The summed E-state index contributed by atoms with van der Waals surface area (Å²) >= 11 is 0. The van der Waals surface area contributed by atoms with Crippen molar-refractivity contribution in [2.75, 3.05) is 9.44 Å². The first-order valence-electron chi connectivity index (χ1n) is 16.2. The summed E-state index contributed by atoms with van der Waals surface area (Å²) in [5.41, 5.74) is 7.82. The van der Waals surface area contributed by atoms with Crippen LogP contribution in [0.1, 0.15) is 33.4 Å². The van der Waals surface area contributed by atoms with Gasteiger partial charge in [-0.25, -0.2) is 16.8 Å². The quantitative estimate of drug-likeness (QED) is 0.123. The fourth-order valence-electron chi connectivity index (χ4n) is 5.17. The lowest BCUT2D eigenvalue weighted by atomic mass is 10.0. The zero-order chi connectivity index (χ0) is 35.8. The summed E-state index contributed by atoms with van der Waals surface area (Å²) in [5, 5.41) is 0. The van der Waals surface area contributed by atoms with Crippen molar-refractivity contribution in [2.24, 2.45) is 9.98 Å². The number of aliphatic imine (C=N–C) groups is 2. The summed E-state index contributed by atoms with van der Waals surface area (Å²) < 4.78 is 57.2. The maximum absolute atomic E-state index is 13.0. The van der Waals surface area contributed by atoms with E-state index in [9.17, 15) is 16.8 Å². The Labute approximate surface area is 299 Å². The average molecular weight is 713 g/mol. The first-order chi connectivity index (χ1) is 24.5. The molecule has 0 saturated carbocycles. The van der Waals surface area contributed by atoms with Gasteiger partial charge in [0.2, 0.25) is 0 Å². The van der Waals surface area contributed by atoms with Crippen LogP contribution in [0.4, 0.5) is 22.7 Å². The third kappa shape index (κ3) is 9.24. The van der Waals surface area contributed by atoms with E-state index in [4.69, 9.17) is 0 Å². The van der Waals surface area contributed by atoms with Crippen LogP contribution >= 0.6 is 0 Å². The van der Waals surface area contributed by atoms with Gasteiger partial charge in [-0.3, -0.25) is 19.4 Å². The Morgan fingerprint density at radius 3 is 1.20 bits per heavy atom. The molecule has 0 aliphatic carbocycles. The summed E-state index contributed by atoms with van der Waals surface area (Å²) in [4.78, 5) is 9.57. The zero-order valence-electron chi connectivity index (χ0n) is 28.1.